The third kappa shape index (κ3) is 4.49. The fourth-order valence-corrected chi connectivity index (χ4v) is 2.19. The second-order valence-electron chi connectivity index (χ2n) is 3.93. The van der Waals surface area contributed by atoms with Gasteiger partial charge in [0.2, 0.25) is 0 Å². The monoisotopic (exact) mass is 324 g/mol. The summed E-state index contributed by atoms with van der Waals surface area (Å²) in [4.78, 5) is 1.33. The molecule has 0 fully saturated rings. The molecule has 18 heavy (non-hydrogen) atoms. The maximum absolute atomic E-state index is 12.5. The second-order valence-corrected chi connectivity index (χ2v) is 4.85. The lowest BCUT2D eigenvalue weighted by Gasteiger charge is -2.27. The zero-order valence-corrected chi connectivity index (χ0v) is 11.9. The van der Waals surface area contributed by atoms with E-state index in [1.165, 1.54) is 4.90 Å². The van der Waals surface area contributed by atoms with Crippen molar-refractivity contribution in [3.05, 3.63) is 28.2 Å². The van der Waals surface area contributed by atoms with E-state index in [2.05, 4.69) is 21.2 Å². The van der Waals surface area contributed by atoms with E-state index in [1.54, 1.807) is 26.1 Å². The van der Waals surface area contributed by atoms with Gasteiger partial charge in [-0.2, -0.15) is 13.2 Å². The van der Waals surface area contributed by atoms with Crippen molar-refractivity contribution < 1.29 is 13.2 Å². The lowest BCUT2D eigenvalue weighted by Crippen LogP contribution is -2.35. The second kappa shape index (κ2) is 6.43. The minimum absolute atomic E-state index is 0.317. The van der Waals surface area contributed by atoms with E-state index in [4.69, 9.17) is 0 Å². The molecule has 0 atom stereocenters. The Morgan fingerprint density at radius 3 is 2.50 bits per heavy atom. The maximum atomic E-state index is 12.5. The highest BCUT2D eigenvalue weighted by atomic mass is 79.9. The van der Waals surface area contributed by atoms with Crippen molar-refractivity contribution in [3.8, 4) is 0 Å². The minimum Gasteiger partial charge on any atom is -0.363 e. The first-order valence-electron chi connectivity index (χ1n) is 5.62. The molecule has 0 aliphatic heterocycles. The highest BCUT2D eigenvalue weighted by molar-refractivity contribution is 9.10. The fourth-order valence-electron chi connectivity index (χ4n) is 1.78. The van der Waals surface area contributed by atoms with Gasteiger partial charge in [-0.25, -0.2) is 0 Å². The van der Waals surface area contributed by atoms with E-state index in [0.717, 1.165) is 10.0 Å². The molecule has 6 heteroatoms. The molecule has 1 rings (SSSR count). The van der Waals surface area contributed by atoms with Crippen LogP contribution in [0.1, 0.15) is 12.5 Å². The van der Waals surface area contributed by atoms with E-state index in [1.807, 2.05) is 6.07 Å². The first-order valence-corrected chi connectivity index (χ1v) is 6.41. The normalized spacial score (nSPS) is 11.7. The summed E-state index contributed by atoms with van der Waals surface area (Å²) >= 11 is 3.33. The summed E-state index contributed by atoms with van der Waals surface area (Å²) in [5.41, 5.74) is 1.46. The third-order valence-electron chi connectivity index (χ3n) is 2.50. The quantitative estimate of drug-likeness (QED) is 0.891. The van der Waals surface area contributed by atoms with Crippen LogP contribution in [-0.4, -0.2) is 26.3 Å². The summed E-state index contributed by atoms with van der Waals surface area (Å²) < 4.78 is 38.4. The van der Waals surface area contributed by atoms with Gasteiger partial charge in [-0.15, -0.1) is 0 Å². The highest BCUT2D eigenvalue weighted by Crippen LogP contribution is 2.27. The van der Waals surface area contributed by atoms with Crippen LogP contribution in [0.4, 0.5) is 18.9 Å². The molecule has 0 radical (unpaired) electrons. The first-order chi connectivity index (χ1) is 8.37. The van der Waals surface area contributed by atoms with E-state index in [0.29, 0.717) is 18.8 Å². The highest BCUT2D eigenvalue weighted by Gasteiger charge is 2.30. The van der Waals surface area contributed by atoms with Gasteiger partial charge < -0.3 is 10.2 Å². The molecule has 102 valence electrons. The van der Waals surface area contributed by atoms with Gasteiger partial charge in [0.1, 0.15) is 6.54 Å². The average Bonchev–Trinajstić information content (AvgIpc) is 2.26. The zero-order valence-electron chi connectivity index (χ0n) is 10.3. The maximum Gasteiger partial charge on any atom is 0.405 e. The smallest absolute Gasteiger partial charge is 0.363 e. The Balaban J connectivity index is 3.04. The molecule has 0 saturated carbocycles. The van der Waals surface area contributed by atoms with Gasteiger partial charge in [-0.1, -0.05) is 15.9 Å². The third-order valence-corrected chi connectivity index (χ3v) is 2.99. The molecule has 0 spiro atoms. The molecule has 2 nitrogen and oxygen atoms in total. The van der Waals surface area contributed by atoms with E-state index < -0.39 is 12.7 Å². The summed E-state index contributed by atoms with van der Waals surface area (Å²) in [5.74, 6) is 0. The number of halogens is 4. The van der Waals surface area contributed by atoms with Gasteiger partial charge >= 0.3 is 6.18 Å². The van der Waals surface area contributed by atoms with Gasteiger partial charge in [0.25, 0.3) is 0 Å². The molecule has 0 bridgehead atoms. The summed E-state index contributed by atoms with van der Waals surface area (Å²) in [5, 5.41) is 2.96. The van der Waals surface area contributed by atoms with Crippen molar-refractivity contribution in [2.24, 2.45) is 0 Å². The number of anilines is 1. The lowest BCUT2D eigenvalue weighted by molar-refractivity contribution is -0.119. The summed E-state index contributed by atoms with van der Waals surface area (Å²) in [7, 11) is 1.77. The average molecular weight is 325 g/mol. The topological polar surface area (TPSA) is 15.3 Å². The molecule has 0 aromatic heterocycles. The van der Waals surface area contributed by atoms with E-state index in [9.17, 15) is 13.2 Å². The van der Waals surface area contributed by atoms with Gasteiger partial charge in [-0.3, -0.25) is 0 Å². The molecule has 0 aliphatic carbocycles. The number of hydrogen-bond acceptors (Lipinski definition) is 2. The van der Waals surface area contributed by atoms with Crippen LogP contribution in [0.25, 0.3) is 0 Å². The summed E-state index contributed by atoms with van der Waals surface area (Å²) in [6.45, 7) is 1.64. The molecule has 1 aromatic carbocycles. The molecule has 0 saturated heterocycles. The molecule has 0 heterocycles. The number of rotatable bonds is 5. The van der Waals surface area contributed by atoms with Crippen molar-refractivity contribution >= 4 is 21.6 Å². The van der Waals surface area contributed by atoms with Crippen LogP contribution >= 0.6 is 15.9 Å². The van der Waals surface area contributed by atoms with Gasteiger partial charge in [-0.05, 0) is 37.7 Å². The zero-order chi connectivity index (χ0) is 13.8. The molecule has 1 N–H and O–H groups in total. The Morgan fingerprint density at radius 1 is 1.33 bits per heavy atom. The molecule has 0 unspecified atom stereocenters. The van der Waals surface area contributed by atoms with Gasteiger partial charge in [0.05, 0.1) is 0 Å². The van der Waals surface area contributed by atoms with Crippen molar-refractivity contribution in [1.82, 2.24) is 5.32 Å². The number of alkyl halides is 3. The number of hydrogen-bond donors (Lipinski definition) is 1. The Morgan fingerprint density at radius 2 is 2.00 bits per heavy atom. The Bertz CT molecular complexity index is 393. The molecular formula is C12H16BrF3N2. The van der Waals surface area contributed by atoms with Crippen LogP contribution in [-0.2, 0) is 6.54 Å². The van der Waals surface area contributed by atoms with Gasteiger partial charge in [0.15, 0.2) is 0 Å². The predicted molar refractivity (Wildman–Crippen MR) is 70.8 cm³/mol. The Hall–Kier alpha value is -0.750. The standard InChI is InChI=1S/C12H16BrF3N2/c1-3-18(8-12(14,15)16)11-5-4-10(13)6-9(11)7-17-2/h4-6,17H,3,7-8H2,1-2H3. The molecule has 0 aliphatic rings. The van der Waals surface area contributed by atoms with Crippen LogP contribution < -0.4 is 10.2 Å². The van der Waals surface area contributed by atoms with Crippen molar-refractivity contribution in [1.29, 1.82) is 0 Å². The van der Waals surface area contributed by atoms with Crippen LogP contribution in [0.3, 0.4) is 0 Å². The largest absolute Gasteiger partial charge is 0.405 e. The lowest BCUT2D eigenvalue weighted by atomic mass is 10.1. The van der Waals surface area contributed by atoms with E-state index >= 15 is 0 Å². The van der Waals surface area contributed by atoms with Gasteiger partial charge in [0, 0.05) is 23.2 Å². The first kappa shape index (κ1) is 15.3. The van der Waals surface area contributed by atoms with E-state index in [-0.39, 0.29) is 0 Å². The number of nitrogens with zero attached hydrogens (tertiary/aromatic N) is 1. The SMILES string of the molecule is CCN(CC(F)(F)F)c1ccc(Br)cc1CNC. The predicted octanol–water partition coefficient (Wildman–Crippen LogP) is 3.56. The van der Waals surface area contributed by atoms with Crippen molar-refractivity contribution in [2.75, 3.05) is 25.0 Å². The summed E-state index contributed by atoms with van der Waals surface area (Å²) in [6.07, 6.45) is -4.19. The minimum atomic E-state index is -4.19. The number of benzene rings is 1. The molecule has 1 aromatic rings. The van der Waals surface area contributed by atoms with Crippen molar-refractivity contribution in [2.45, 2.75) is 19.6 Å². The van der Waals surface area contributed by atoms with Crippen LogP contribution in [0.15, 0.2) is 22.7 Å². The van der Waals surface area contributed by atoms with Crippen LogP contribution in [0, 0.1) is 0 Å². The van der Waals surface area contributed by atoms with Crippen LogP contribution in [0.5, 0.6) is 0 Å². The fraction of sp³-hybridized carbons (Fsp3) is 0.500. The molecule has 0 amide bonds. The van der Waals surface area contributed by atoms with Crippen LogP contribution in [0.2, 0.25) is 0 Å². The Labute approximate surface area is 113 Å². The Kier molecular flexibility index (Phi) is 5.47. The van der Waals surface area contributed by atoms with Crippen molar-refractivity contribution in [3.63, 3.8) is 0 Å². The number of nitrogens with one attached hydrogen (secondary N) is 1. The molecular weight excluding hydrogens is 309 g/mol. The summed E-state index contributed by atoms with van der Waals surface area (Å²) in [6, 6.07) is 5.31.